The molecule has 0 saturated heterocycles. The van der Waals surface area contributed by atoms with Gasteiger partial charge < -0.3 is 5.32 Å². The molecule has 0 aromatic heterocycles. The minimum Gasteiger partial charge on any atom is -0.353 e. The fraction of sp³-hybridized carbons (Fsp3) is 0.909. The molecule has 1 atom stereocenters. The molecule has 18 heavy (non-hydrogen) atoms. The second-order valence-electron chi connectivity index (χ2n) is 4.88. The number of nitrogens with one attached hydrogen (secondary N) is 2. The fourth-order valence-electron chi connectivity index (χ4n) is 1.48. The summed E-state index contributed by atoms with van der Waals surface area (Å²) in [6.07, 6.45) is 3.01. The highest BCUT2D eigenvalue weighted by molar-refractivity contribution is 7.89. The highest BCUT2D eigenvalue weighted by Crippen LogP contribution is 2.18. The van der Waals surface area contributed by atoms with Gasteiger partial charge in [-0.2, -0.15) is 0 Å². The van der Waals surface area contributed by atoms with Gasteiger partial charge in [0.25, 0.3) is 0 Å². The fourth-order valence-corrected chi connectivity index (χ4v) is 3.16. The molecule has 0 spiro atoms. The summed E-state index contributed by atoms with van der Waals surface area (Å²) >= 11 is 5.57. The van der Waals surface area contributed by atoms with Crippen molar-refractivity contribution in [2.75, 3.05) is 18.2 Å². The maximum absolute atomic E-state index is 11.6. The number of carbonyl (C=O) groups excluding carboxylic acids is 1. The third-order valence-electron chi connectivity index (χ3n) is 2.61. The third kappa shape index (κ3) is 7.18. The summed E-state index contributed by atoms with van der Waals surface area (Å²) in [5, 5.41) is 2.86. The van der Waals surface area contributed by atoms with Crippen molar-refractivity contribution in [3.8, 4) is 0 Å². The monoisotopic (exact) mass is 296 g/mol. The van der Waals surface area contributed by atoms with Crippen LogP contribution in [-0.4, -0.2) is 38.5 Å². The summed E-state index contributed by atoms with van der Waals surface area (Å²) in [6, 6.07) is 0.360. The molecule has 1 rings (SSSR count). The number of amides is 1. The van der Waals surface area contributed by atoms with E-state index in [0.29, 0.717) is 31.3 Å². The van der Waals surface area contributed by atoms with Crippen molar-refractivity contribution < 1.29 is 13.2 Å². The van der Waals surface area contributed by atoms with Crippen molar-refractivity contribution in [1.82, 2.24) is 10.0 Å². The molecule has 0 aromatic carbocycles. The van der Waals surface area contributed by atoms with E-state index >= 15 is 0 Å². The quantitative estimate of drug-likeness (QED) is 0.489. The number of alkyl halides is 1. The van der Waals surface area contributed by atoms with E-state index in [1.807, 2.05) is 0 Å². The molecule has 0 heterocycles. The Morgan fingerprint density at radius 2 is 2.11 bits per heavy atom. The van der Waals surface area contributed by atoms with Crippen LogP contribution >= 0.6 is 11.6 Å². The standard InChI is InChI=1S/C11H21ClN2O3S/c1-9(7-12)8-18(16,17)13-6-2-3-11(15)14-10-4-5-10/h9-10,13H,2-8H2,1H3,(H,14,15). The van der Waals surface area contributed by atoms with E-state index in [2.05, 4.69) is 10.0 Å². The molecule has 1 unspecified atom stereocenters. The Labute approximate surface area is 114 Å². The molecular formula is C11H21ClN2O3S. The van der Waals surface area contributed by atoms with E-state index in [-0.39, 0.29) is 17.6 Å². The van der Waals surface area contributed by atoms with Gasteiger partial charge in [-0.3, -0.25) is 4.79 Å². The summed E-state index contributed by atoms with van der Waals surface area (Å²) in [4.78, 5) is 11.3. The molecule has 106 valence electrons. The lowest BCUT2D eigenvalue weighted by Crippen LogP contribution is -2.31. The Bertz CT molecular complexity index is 368. The van der Waals surface area contributed by atoms with Crippen molar-refractivity contribution in [3.63, 3.8) is 0 Å². The number of carbonyl (C=O) groups is 1. The van der Waals surface area contributed by atoms with Gasteiger partial charge in [-0.1, -0.05) is 6.92 Å². The second-order valence-corrected chi connectivity index (χ2v) is 7.04. The molecule has 0 aliphatic heterocycles. The molecule has 5 nitrogen and oxygen atoms in total. The van der Waals surface area contributed by atoms with Gasteiger partial charge in [0.1, 0.15) is 0 Å². The SMILES string of the molecule is CC(CCl)CS(=O)(=O)NCCCC(=O)NC1CC1. The molecule has 1 amide bonds. The Kier molecular flexibility index (Phi) is 6.38. The lowest BCUT2D eigenvalue weighted by molar-refractivity contribution is -0.121. The molecule has 0 bridgehead atoms. The van der Waals surface area contributed by atoms with Crippen molar-refractivity contribution in [2.24, 2.45) is 5.92 Å². The first kappa shape index (κ1) is 15.7. The van der Waals surface area contributed by atoms with E-state index in [1.54, 1.807) is 6.92 Å². The van der Waals surface area contributed by atoms with Crippen LogP contribution in [0.2, 0.25) is 0 Å². The molecule has 7 heteroatoms. The van der Waals surface area contributed by atoms with E-state index in [0.717, 1.165) is 12.8 Å². The normalized spacial score (nSPS) is 17.4. The lowest BCUT2D eigenvalue weighted by atomic mass is 10.3. The molecule has 0 radical (unpaired) electrons. The highest BCUT2D eigenvalue weighted by atomic mass is 35.5. The van der Waals surface area contributed by atoms with Gasteiger partial charge in [-0.05, 0) is 25.2 Å². The highest BCUT2D eigenvalue weighted by Gasteiger charge is 2.22. The van der Waals surface area contributed by atoms with Crippen LogP contribution in [0, 0.1) is 5.92 Å². The van der Waals surface area contributed by atoms with Gasteiger partial charge in [0.2, 0.25) is 15.9 Å². The van der Waals surface area contributed by atoms with Crippen LogP contribution in [-0.2, 0) is 14.8 Å². The van der Waals surface area contributed by atoms with Crippen LogP contribution < -0.4 is 10.0 Å². The molecule has 0 aromatic rings. The number of sulfonamides is 1. The molecule has 1 saturated carbocycles. The maximum Gasteiger partial charge on any atom is 0.220 e. The smallest absolute Gasteiger partial charge is 0.220 e. The number of rotatable bonds is 9. The third-order valence-corrected chi connectivity index (χ3v) is 4.79. The predicted molar refractivity (Wildman–Crippen MR) is 72.1 cm³/mol. The van der Waals surface area contributed by atoms with Gasteiger partial charge in [-0.15, -0.1) is 11.6 Å². The average Bonchev–Trinajstić information content (AvgIpc) is 3.07. The minimum absolute atomic E-state index is 0.00539. The Morgan fingerprint density at radius 1 is 1.44 bits per heavy atom. The zero-order chi connectivity index (χ0) is 13.6. The van der Waals surface area contributed by atoms with Crippen LogP contribution in [0.3, 0.4) is 0 Å². The predicted octanol–water partition coefficient (Wildman–Crippen LogP) is 0.839. The van der Waals surface area contributed by atoms with Gasteiger partial charge in [0, 0.05) is 24.9 Å². The molecule has 1 fully saturated rings. The van der Waals surface area contributed by atoms with E-state index in [4.69, 9.17) is 11.6 Å². The summed E-state index contributed by atoms with van der Waals surface area (Å²) in [6.45, 7) is 2.09. The van der Waals surface area contributed by atoms with Crippen LogP contribution in [0.1, 0.15) is 32.6 Å². The molecule has 1 aliphatic rings. The first-order chi connectivity index (χ1) is 8.43. The summed E-state index contributed by atoms with van der Waals surface area (Å²) in [5.74, 6) is 0.295. The number of hydrogen-bond donors (Lipinski definition) is 2. The van der Waals surface area contributed by atoms with Crippen LogP contribution in [0.15, 0.2) is 0 Å². The molecular weight excluding hydrogens is 276 g/mol. The number of halogens is 1. The van der Waals surface area contributed by atoms with E-state index in [9.17, 15) is 13.2 Å². The van der Waals surface area contributed by atoms with E-state index in [1.165, 1.54) is 0 Å². The van der Waals surface area contributed by atoms with Crippen LogP contribution in [0.25, 0.3) is 0 Å². The van der Waals surface area contributed by atoms with Gasteiger partial charge in [-0.25, -0.2) is 13.1 Å². The first-order valence-electron chi connectivity index (χ1n) is 6.25. The topological polar surface area (TPSA) is 75.3 Å². The maximum atomic E-state index is 11.6. The Balaban J connectivity index is 2.10. The van der Waals surface area contributed by atoms with Crippen molar-refractivity contribution in [1.29, 1.82) is 0 Å². The Hall–Kier alpha value is -0.330. The second kappa shape index (κ2) is 7.31. The minimum atomic E-state index is -3.27. The van der Waals surface area contributed by atoms with Gasteiger partial charge in [0.05, 0.1) is 5.75 Å². The molecule has 2 N–H and O–H groups in total. The van der Waals surface area contributed by atoms with E-state index < -0.39 is 10.0 Å². The zero-order valence-electron chi connectivity index (χ0n) is 10.6. The lowest BCUT2D eigenvalue weighted by Gasteiger charge is -2.10. The summed E-state index contributed by atoms with van der Waals surface area (Å²) in [5.41, 5.74) is 0. The van der Waals surface area contributed by atoms with Crippen LogP contribution in [0.4, 0.5) is 0 Å². The molecule has 1 aliphatic carbocycles. The largest absolute Gasteiger partial charge is 0.353 e. The first-order valence-corrected chi connectivity index (χ1v) is 8.44. The van der Waals surface area contributed by atoms with Gasteiger partial charge >= 0.3 is 0 Å². The van der Waals surface area contributed by atoms with Crippen molar-refractivity contribution >= 4 is 27.5 Å². The van der Waals surface area contributed by atoms with Crippen molar-refractivity contribution in [2.45, 2.75) is 38.6 Å². The summed E-state index contributed by atoms with van der Waals surface area (Å²) < 4.78 is 25.6. The number of hydrogen-bond acceptors (Lipinski definition) is 3. The Morgan fingerprint density at radius 3 is 2.67 bits per heavy atom. The van der Waals surface area contributed by atoms with Crippen molar-refractivity contribution in [3.05, 3.63) is 0 Å². The van der Waals surface area contributed by atoms with Crippen LogP contribution in [0.5, 0.6) is 0 Å². The summed E-state index contributed by atoms with van der Waals surface area (Å²) in [7, 11) is -3.27. The average molecular weight is 297 g/mol. The zero-order valence-corrected chi connectivity index (χ0v) is 12.2. The van der Waals surface area contributed by atoms with Gasteiger partial charge in [0.15, 0.2) is 0 Å².